The molecular formula is C9H5ClFNO3. The Balaban J connectivity index is 2.63. The monoisotopic (exact) mass is 229 g/mol. The largest absolute Gasteiger partial charge is 0.511 e. The van der Waals surface area contributed by atoms with E-state index in [4.69, 9.17) is 16.7 Å². The maximum absolute atomic E-state index is 13.2. The van der Waals surface area contributed by atoms with Gasteiger partial charge in [0.1, 0.15) is 5.82 Å². The van der Waals surface area contributed by atoms with E-state index < -0.39 is 12.0 Å². The lowest BCUT2D eigenvalue weighted by molar-refractivity contribution is 0.144. The van der Waals surface area contributed by atoms with Gasteiger partial charge in [0.2, 0.25) is 0 Å². The first-order valence-electron chi connectivity index (χ1n) is 3.95. The molecule has 4 nitrogen and oxygen atoms in total. The first-order valence-corrected chi connectivity index (χ1v) is 4.33. The van der Waals surface area contributed by atoms with E-state index in [1.54, 1.807) is 0 Å². The van der Waals surface area contributed by atoms with Crippen LogP contribution in [0.3, 0.4) is 0 Å². The molecule has 0 fully saturated rings. The third kappa shape index (κ3) is 1.61. The molecule has 6 heteroatoms. The van der Waals surface area contributed by atoms with Crippen LogP contribution in [0.25, 0.3) is 10.9 Å². The van der Waals surface area contributed by atoms with Gasteiger partial charge in [-0.1, -0.05) is 11.6 Å². The molecule has 0 saturated heterocycles. The normalized spacial score (nSPS) is 10.5. The van der Waals surface area contributed by atoms with Crippen LogP contribution in [0, 0.1) is 5.82 Å². The minimum atomic E-state index is -1.49. The van der Waals surface area contributed by atoms with Crippen molar-refractivity contribution >= 4 is 28.7 Å². The van der Waals surface area contributed by atoms with E-state index in [1.165, 1.54) is 12.1 Å². The number of benzene rings is 1. The zero-order valence-electron chi connectivity index (χ0n) is 7.25. The number of carboxylic acid groups (broad SMARTS) is 1. The van der Waals surface area contributed by atoms with Crippen LogP contribution in [0.4, 0.5) is 9.18 Å². The summed E-state index contributed by atoms with van der Waals surface area (Å²) in [6, 6.07) is 2.84. The van der Waals surface area contributed by atoms with Crippen LogP contribution in [0.5, 0.6) is 5.75 Å². The number of nitrogens with one attached hydrogen (secondary N) is 1. The third-order valence-corrected chi connectivity index (χ3v) is 2.27. The second-order valence-corrected chi connectivity index (χ2v) is 3.18. The Morgan fingerprint density at radius 3 is 2.93 bits per heavy atom. The molecule has 2 N–H and O–H groups in total. The molecule has 0 atom stereocenters. The maximum atomic E-state index is 13.2. The molecule has 0 unspecified atom stereocenters. The van der Waals surface area contributed by atoms with Gasteiger partial charge in [0, 0.05) is 6.20 Å². The number of aromatic amines is 1. The molecule has 0 aliphatic heterocycles. The van der Waals surface area contributed by atoms with Crippen LogP contribution in [-0.2, 0) is 0 Å². The summed E-state index contributed by atoms with van der Waals surface area (Å²) in [5.41, 5.74) is 0.482. The molecule has 2 aromatic rings. The van der Waals surface area contributed by atoms with Crippen molar-refractivity contribution in [2.75, 3.05) is 0 Å². The van der Waals surface area contributed by atoms with E-state index in [9.17, 15) is 9.18 Å². The number of rotatable bonds is 1. The summed E-state index contributed by atoms with van der Waals surface area (Å²) in [6.45, 7) is 0. The zero-order valence-corrected chi connectivity index (χ0v) is 8.01. The van der Waals surface area contributed by atoms with Gasteiger partial charge in [0.05, 0.1) is 15.9 Å². The maximum Gasteiger partial charge on any atom is 0.511 e. The summed E-state index contributed by atoms with van der Waals surface area (Å²) >= 11 is 5.78. The molecule has 78 valence electrons. The SMILES string of the molecule is O=C(O)Oc1ccc2[nH]cc(F)c2c1Cl. The lowest BCUT2D eigenvalue weighted by Gasteiger charge is -2.03. The second-order valence-electron chi connectivity index (χ2n) is 2.80. The number of hydrogen-bond donors (Lipinski definition) is 2. The molecule has 0 amide bonds. The topological polar surface area (TPSA) is 62.3 Å². The van der Waals surface area contributed by atoms with Crippen molar-refractivity contribution in [1.82, 2.24) is 4.98 Å². The van der Waals surface area contributed by atoms with Crippen LogP contribution < -0.4 is 4.74 Å². The van der Waals surface area contributed by atoms with E-state index in [0.717, 1.165) is 6.20 Å². The summed E-state index contributed by atoms with van der Waals surface area (Å²) in [5, 5.41) is 8.46. The molecular weight excluding hydrogens is 225 g/mol. The molecule has 0 saturated carbocycles. The Hall–Kier alpha value is -1.75. The average molecular weight is 230 g/mol. The molecule has 0 bridgehead atoms. The molecule has 2 rings (SSSR count). The Morgan fingerprint density at radius 2 is 2.27 bits per heavy atom. The Kier molecular flexibility index (Phi) is 2.24. The first kappa shape index (κ1) is 9.79. The van der Waals surface area contributed by atoms with Crippen molar-refractivity contribution in [2.24, 2.45) is 0 Å². The highest BCUT2D eigenvalue weighted by atomic mass is 35.5. The fourth-order valence-corrected chi connectivity index (χ4v) is 1.59. The smallest absolute Gasteiger partial charge is 0.449 e. The summed E-state index contributed by atoms with van der Waals surface area (Å²) < 4.78 is 17.6. The standard InChI is InChI=1S/C9H5ClFNO3/c10-8-6(15-9(13)14)2-1-5-7(8)4(11)3-12-5/h1-3,12H,(H,13,14). The van der Waals surface area contributed by atoms with E-state index >= 15 is 0 Å². The van der Waals surface area contributed by atoms with Gasteiger partial charge in [-0.3, -0.25) is 0 Å². The fourth-order valence-electron chi connectivity index (χ4n) is 1.30. The summed E-state index contributed by atoms with van der Waals surface area (Å²) in [5.74, 6) is -0.638. The van der Waals surface area contributed by atoms with Crippen LogP contribution in [0.15, 0.2) is 18.3 Å². The van der Waals surface area contributed by atoms with Crippen molar-refractivity contribution in [3.8, 4) is 5.75 Å². The van der Waals surface area contributed by atoms with Crippen molar-refractivity contribution in [3.63, 3.8) is 0 Å². The Labute approximate surface area is 88.2 Å². The number of hydrogen-bond acceptors (Lipinski definition) is 2. The van der Waals surface area contributed by atoms with Gasteiger partial charge >= 0.3 is 6.16 Å². The van der Waals surface area contributed by atoms with Crippen LogP contribution >= 0.6 is 11.6 Å². The molecule has 1 aromatic heterocycles. The highest BCUT2D eigenvalue weighted by molar-refractivity contribution is 6.37. The number of ether oxygens (including phenoxy) is 1. The van der Waals surface area contributed by atoms with E-state index in [0.29, 0.717) is 5.52 Å². The Bertz CT molecular complexity index is 537. The number of aromatic nitrogens is 1. The van der Waals surface area contributed by atoms with Crippen LogP contribution in [-0.4, -0.2) is 16.2 Å². The lowest BCUT2D eigenvalue weighted by Crippen LogP contribution is -2.03. The summed E-state index contributed by atoms with van der Waals surface area (Å²) in [4.78, 5) is 12.9. The van der Waals surface area contributed by atoms with Gasteiger partial charge in [-0.15, -0.1) is 0 Å². The molecule has 0 radical (unpaired) electrons. The number of H-pyrrole nitrogens is 1. The van der Waals surface area contributed by atoms with Crippen LogP contribution in [0.2, 0.25) is 5.02 Å². The van der Waals surface area contributed by atoms with E-state index in [-0.39, 0.29) is 16.2 Å². The molecule has 0 aliphatic carbocycles. The fraction of sp³-hybridized carbons (Fsp3) is 0. The molecule has 1 aromatic carbocycles. The van der Waals surface area contributed by atoms with Gasteiger partial charge in [0.25, 0.3) is 0 Å². The van der Waals surface area contributed by atoms with E-state index in [2.05, 4.69) is 9.72 Å². The number of carbonyl (C=O) groups is 1. The first-order chi connectivity index (χ1) is 7.09. The van der Waals surface area contributed by atoms with Gasteiger partial charge in [0.15, 0.2) is 5.75 Å². The van der Waals surface area contributed by atoms with Gasteiger partial charge in [-0.2, -0.15) is 0 Å². The molecule has 1 heterocycles. The average Bonchev–Trinajstić information content (AvgIpc) is 2.53. The second kappa shape index (κ2) is 3.43. The van der Waals surface area contributed by atoms with E-state index in [1.807, 2.05) is 0 Å². The van der Waals surface area contributed by atoms with Crippen molar-refractivity contribution < 1.29 is 19.0 Å². The molecule has 0 aliphatic rings. The van der Waals surface area contributed by atoms with Crippen LogP contribution in [0.1, 0.15) is 0 Å². The number of fused-ring (bicyclic) bond motifs is 1. The Morgan fingerprint density at radius 1 is 1.53 bits per heavy atom. The zero-order chi connectivity index (χ0) is 11.0. The number of halogens is 2. The molecule has 15 heavy (non-hydrogen) atoms. The lowest BCUT2D eigenvalue weighted by atomic mass is 10.2. The predicted octanol–water partition coefficient (Wildman–Crippen LogP) is 3.02. The van der Waals surface area contributed by atoms with Gasteiger partial charge in [-0.25, -0.2) is 9.18 Å². The highest BCUT2D eigenvalue weighted by Gasteiger charge is 2.14. The molecule has 0 spiro atoms. The minimum Gasteiger partial charge on any atom is -0.449 e. The van der Waals surface area contributed by atoms with Gasteiger partial charge in [-0.05, 0) is 12.1 Å². The third-order valence-electron chi connectivity index (χ3n) is 1.90. The highest BCUT2D eigenvalue weighted by Crippen LogP contribution is 2.34. The quantitative estimate of drug-likeness (QED) is 0.584. The predicted molar refractivity (Wildman–Crippen MR) is 51.9 cm³/mol. The summed E-state index contributed by atoms with van der Waals surface area (Å²) in [7, 11) is 0. The van der Waals surface area contributed by atoms with Gasteiger partial charge < -0.3 is 14.8 Å². The summed E-state index contributed by atoms with van der Waals surface area (Å²) in [6.07, 6.45) is -0.353. The van der Waals surface area contributed by atoms with Crippen molar-refractivity contribution in [3.05, 3.63) is 29.2 Å². The van der Waals surface area contributed by atoms with Crippen molar-refractivity contribution in [2.45, 2.75) is 0 Å². The minimum absolute atomic E-state index is 0.0614. The van der Waals surface area contributed by atoms with Crippen molar-refractivity contribution in [1.29, 1.82) is 0 Å².